The summed E-state index contributed by atoms with van der Waals surface area (Å²) in [5, 5.41) is 6.60. The standard InChI is InChI=1S/C23H24ClFN6O/c24-20-18(32-11-13-1-2-13)7-5-16(21(20)25)29-23-22-17(27-12-28-23)6-8-19(30-22)31-10-14-3-4-15(31)9-26-14/h5-8,12-15,26H,1-4,9-11H2,(H,27,28,29)/t14-,15?/m1/s1. The molecule has 5 heterocycles. The number of piperidine rings is 2. The van der Waals surface area contributed by atoms with Crippen LogP contribution in [0.15, 0.2) is 30.6 Å². The zero-order valence-electron chi connectivity index (χ0n) is 17.5. The van der Waals surface area contributed by atoms with Crippen LogP contribution in [0.1, 0.15) is 25.7 Å². The van der Waals surface area contributed by atoms with Crippen LogP contribution in [0.5, 0.6) is 5.75 Å². The Kier molecular flexibility index (Phi) is 4.99. The van der Waals surface area contributed by atoms with Gasteiger partial charge < -0.3 is 20.3 Å². The molecule has 2 atom stereocenters. The molecule has 0 amide bonds. The number of halogens is 2. The fraction of sp³-hybridized carbons (Fsp3) is 0.435. The lowest BCUT2D eigenvalue weighted by Gasteiger charge is -2.46. The summed E-state index contributed by atoms with van der Waals surface area (Å²) in [6.45, 7) is 2.48. The number of rotatable bonds is 6. The summed E-state index contributed by atoms with van der Waals surface area (Å²) in [5.74, 6) is 1.70. The van der Waals surface area contributed by atoms with Crippen LogP contribution < -0.4 is 20.3 Å². The Bertz CT molecular complexity index is 1160. The van der Waals surface area contributed by atoms with Crippen molar-refractivity contribution in [3.05, 3.63) is 41.4 Å². The maximum absolute atomic E-state index is 15.0. The van der Waals surface area contributed by atoms with Crippen LogP contribution in [-0.4, -0.2) is 46.7 Å². The molecule has 0 radical (unpaired) electrons. The third-order valence-electron chi connectivity index (χ3n) is 6.58. The molecule has 32 heavy (non-hydrogen) atoms. The van der Waals surface area contributed by atoms with Crippen LogP contribution in [0.25, 0.3) is 11.0 Å². The second kappa shape index (κ2) is 8.01. The lowest BCUT2D eigenvalue weighted by molar-refractivity contribution is 0.289. The van der Waals surface area contributed by atoms with Gasteiger partial charge in [-0.15, -0.1) is 0 Å². The maximum Gasteiger partial charge on any atom is 0.169 e. The van der Waals surface area contributed by atoms with E-state index in [9.17, 15) is 0 Å². The van der Waals surface area contributed by atoms with Crippen molar-refractivity contribution in [2.75, 3.05) is 29.9 Å². The Balaban J connectivity index is 1.30. The van der Waals surface area contributed by atoms with Crippen molar-refractivity contribution in [2.24, 2.45) is 5.92 Å². The molecule has 3 saturated heterocycles. The average Bonchev–Trinajstić information content (AvgIpc) is 3.67. The first-order chi connectivity index (χ1) is 15.7. The zero-order valence-corrected chi connectivity index (χ0v) is 18.3. The molecule has 0 spiro atoms. The van der Waals surface area contributed by atoms with Crippen LogP contribution in [0, 0.1) is 11.7 Å². The zero-order chi connectivity index (χ0) is 21.7. The highest BCUT2D eigenvalue weighted by molar-refractivity contribution is 6.32. The predicted molar refractivity (Wildman–Crippen MR) is 122 cm³/mol. The van der Waals surface area contributed by atoms with E-state index in [-0.39, 0.29) is 10.7 Å². The van der Waals surface area contributed by atoms with E-state index in [0.29, 0.717) is 47.2 Å². The summed E-state index contributed by atoms with van der Waals surface area (Å²) in [7, 11) is 0. The number of hydrogen-bond donors (Lipinski definition) is 2. The van der Waals surface area contributed by atoms with E-state index in [4.69, 9.17) is 21.3 Å². The van der Waals surface area contributed by atoms with Crippen LogP contribution >= 0.6 is 11.6 Å². The molecule has 4 fully saturated rings. The first-order valence-corrected chi connectivity index (χ1v) is 11.5. The van der Waals surface area contributed by atoms with E-state index >= 15 is 4.39 Å². The average molecular weight is 455 g/mol. The fourth-order valence-electron chi connectivity index (χ4n) is 4.53. The summed E-state index contributed by atoms with van der Waals surface area (Å²) in [6.07, 6.45) is 6.12. The summed E-state index contributed by atoms with van der Waals surface area (Å²) >= 11 is 6.25. The van der Waals surface area contributed by atoms with Gasteiger partial charge in [-0.05, 0) is 55.9 Å². The highest BCUT2D eigenvalue weighted by atomic mass is 35.5. The topological polar surface area (TPSA) is 75.2 Å². The van der Waals surface area contributed by atoms with Gasteiger partial charge in [0.2, 0.25) is 0 Å². The fourth-order valence-corrected chi connectivity index (χ4v) is 4.75. The minimum absolute atomic E-state index is 0.0282. The van der Waals surface area contributed by atoms with E-state index < -0.39 is 5.82 Å². The van der Waals surface area contributed by atoms with Crippen molar-refractivity contribution in [1.82, 2.24) is 20.3 Å². The van der Waals surface area contributed by atoms with Gasteiger partial charge in [-0.2, -0.15) is 0 Å². The highest BCUT2D eigenvalue weighted by Gasteiger charge is 2.34. The first-order valence-electron chi connectivity index (χ1n) is 11.2. The molecule has 1 aromatic carbocycles. The maximum atomic E-state index is 15.0. The molecule has 7 rings (SSSR count). The lowest BCUT2D eigenvalue weighted by atomic mass is 9.93. The molecule has 1 saturated carbocycles. The first kappa shape index (κ1) is 19.9. The number of aromatic nitrogens is 3. The number of pyridine rings is 1. The highest BCUT2D eigenvalue weighted by Crippen LogP contribution is 2.36. The van der Waals surface area contributed by atoms with E-state index in [1.807, 2.05) is 12.1 Å². The number of nitrogens with zero attached hydrogens (tertiary/aromatic N) is 4. The molecule has 2 N–H and O–H groups in total. The van der Waals surface area contributed by atoms with Crippen molar-refractivity contribution in [2.45, 2.75) is 37.8 Å². The molecule has 2 bridgehead atoms. The Labute approximate surface area is 190 Å². The van der Waals surface area contributed by atoms with Gasteiger partial charge in [-0.3, -0.25) is 0 Å². The van der Waals surface area contributed by atoms with Gasteiger partial charge in [-0.1, -0.05) is 11.6 Å². The quantitative estimate of drug-likeness (QED) is 0.575. The Hall–Kier alpha value is -2.71. The van der Waals surface area contributed by atoms with Crippen molar-refractivity contribution in [1.29, 1.82) is 0 Å². The smallest absolute Gasteiger partial charge is 0.169 e. The Morgan fingerprint density at radius 3 is 2.81 bits per heavy atom. The molecular weight excluding hydrogens is 431 g/mol. The van der Waals surface area contributed by atoms with Crippen LogP contribution in [0.2, 0.25) is 5.02 Å². The van der Waals surface area contributed by atoms with Gasteiger partial charge in [-0.25, -0.2) is 19.3 Å². The third-order valence-corrected chi connectivity index (χ3v) is 6.93. The molecular formula is C23H24ClFN6O. The van der Waals surface area contributed by atoms with Gasteiger partial charge >= 0.3 is 0 Å². The van der Waals surface area contributed by atoms with E-state index in [2.05, 4.69) is 25.5 Å². The van der Waals surface area contributed by atoms with Crippen molar-refractivity contribution in [3.63, 3.8) is 0 Å². The SMILES string of the molecule is Fc1c(Nc2ncnc3ccc(N4C[C@H]5CCC4CN5)nc23)ccc(OCC2CC2)c1Cl. The molecule has 1 aliphatic carbocycles. The Morgan fingerprint density at radius 2 is 2.06 bits per heavy atom. The molecule has 3 aliphatic heterocycles. The minimum atomic E-state index is -0.567. The number of fused-ring (bicyclic) bond motifs is 4. The number of hydrogen-bond acceptors (Lipinski definition) is 7. The molecule has 166 valence electrons. The summed E-state index contributed by atoms with van der Waals surface area (Å²) in [5.41, 5.74) is 1.52. The van der Waals surface area contributed by atoms with Gasteiger partial charge in [0.05, 0.1) is 17.8 Å². The van der Waals surface area contributed by atoms with Gasteiger partial charge in [0, 0.05) is 25.2 Å². The lowest BCUT2D eigenvalue weighted by Crippen LogP contribution is -2.61. The van der Waals surface area contributed by atoms with Crippen molar-refractivity contribution < 1.29 is 9.13 Å². The molecule has 7 nitrogen and oxygen atoms in total. The van der Waals surface area contributed by atoms with Crippen LogP contribution in [-0.2, 0) is 0 Å². The molecule has 9 heteroatoms. The monoisotopic (exact) mass is 454 g/mol. The second-order valence-electron chi connectivity index (χ2n) is 8.87. The predicted octanol–water partition coefficient (Wildman–Crippen LogP) is 4.29. The van der Waals surface area contributed by atoms with Crippen LogP contribution in [0.3, 0.4) is 0 Å². The number of piperazine rings is 1. The summed E-state index contributed by atoms with van der Waals surface area (Å²) in [4.78, 5) is 15.9. The van der Waals surface area contributed by atoms with Crippen LogP contribution in [0.4, 0.5) is 21.7 Å². The van der Waals surface area contributed by atoms with E-state index in [1.165, 1.54) is 12.7 Å². The van der Waals surface area contributed by atoms with E-state index in [1.54, 1.807) is 12.1 Å². The number of nitrogens with one attached hydrogen (secondary N) is 2. The number of anilines is 3. The number of benzene rings is 1. The molecule has 3 aromatic rings. The van der Waals surface area contributed by atoms with Gasteiger partial charge in [0.25, 0.3) is 0 Å². The largest absolute Gasteiger partial charge is 0.492 e. The Morgan fingerprint density at radius 1 is 1.16 bits per heavy atom. The number of ether oxygens (including phenoxy) is 1. The van der Waals surface area contributed by atoms with Crippen molar-refractivity contribution in [3.8, 4) is 5.75 Å². The van der Waals surface area contributed by atoms with Crippen molar-refractivity contribution >= 4 is 40.0 Å². The van der Waals surface area contributed by atoms with E-state index in [0.717, 1.165) is 38.2 Å². The second-order valence-corrected chi connectivity index (χ2v) is 9.24. The summed E-state index contributed by atoms with van der Waals surface area (Å²) in [6, 6.07) is 8.19. The minimum Gasteiger partial charge on any atom is -0.492 e. The molecule has 4 aliphatic rings. The summed E-state index contributed by atoms with van der Waals surface area (Å²) < 4.78 is 20.7. The third kappa shape index (κ3) is 3.71. The van der Waals surface area contributed by atoms with Gasteiger partial charge in [0.15, 0.2) is 11.6 Å². The normalized spacial score (nSPS) is 22.4. The van der Waals surface area contributed by atoms with Gasteiger partial charge in [0.1, 0.15) is 28.4 Å². The molecule has 2 aromatic heterocycles. The molecule has 1 unspecified atom stereocenters.